The molecule has 0 aliphatic carbocycles. The van der Waals surface area contributed by atoms with Crippen molar-refractivity contribution in [2.75, 3.05) is 26.2 Å². The van der Waals surface area contributed by atoms with Crippen LogP contribution in [0.1, 0.15) is 36.9 Å². The maximum absolute atomic E-state index is 13.5. The molecule has 0 radical (unpaired) electrons. The van der Waals surface area contributed by atoms with E-state index in [2.05, 4.69) is 11.8 Å². The molecule has 0 bridgehead atoms. The summed E-state index contributed by atoms with van der Waals surface area (Å²) >= 11 is 0. The van der Waals surface area contributed by atoms with E-state index in [-0.39, 0.29) is 18.5 Å². The number of nitrogens with two attached hydrogens (primary N) is 1. The van der Waals surface area contributed by atoms with Gasteiger partial charge in [-0.15, -0.1) is 0 Å². The molecular weight excluding hydrogens is 243 g/mol. The molecule has 3 nitrogen and oxygen atoms in total. The number of nitrogens with zero attached hydrogens (tertiary/aromatic N) is 1. The lowest BCUT2D eigenvalue weighted by molar-refractivity contribution is 0.191. The fourth-order valence-electron chi connectivity index (χ4n) is 2.12. The first-order valence-corrected chi connectivity index (χ1v) is 6.93. The lowest BCUT2D eigenvalue weighted by atomic mass is 10.0. The highest BCUT2D eigenvalue weighted by molar-refractivity contribution is 5.25. The van der Waals surface area contributed by atoms with Crippen LogP contribution in [0, 0.1) is 12.7 Å². The average molecular weight is 268 g/mol. The fraction of sp³-hybridized carbons (Fsp3) is 0.600. The van der Waals surface area contributed by atoms with Gasteiger partial charge in [-0.3, -0.25) is 0 Å². The minimum absolute atomic E-state index is 0.159. The van der Waals surface area contributed by atoms with Crippen molar-refractivity contribution in [3.63, 3.8) is 0 Å². The molecule has 1 rings (SSSR count). The van der Waals surface area contributed by atoms with Gasteiger partial charge in [0.25, 0.3) is 0 Å². The summed E-state index contributed by atoms with van der Waals surface area (Å²) in [5.41, 5.74) is 7.58. The molecule has 0 amide bonds. The van der Waals surface area contributed by atoms with Gasteiger partial charge >= 0.3 is 0 Å². The Morgan fingerprint density at radius 1 is 1.32 bits per heavy atom. The summed E-state index contributed by atoms with van der Waals surface area (Å²) in [6, 6.07) is 5.02. The summed E-state index contributed by atoms with van der Waals surface area (Å²) in [6.45, 7) is 6.46. The Hall–Kier alpha value is -0.970. The zero-order valence-corrected chi connectivity index (χ0v) is 11.9. The van der Waals surface area contributed by atoms with Crippen LogP contribution < -0.4 is 5.73 Å². The predicted octanol–water partition coefficient (Wildman–Crippen LogP) is 2.23. The molecule has 1 atom stereocenters. The molecule has 0 heterocycles. The molecule has 1 unspecified atom stereocenters. The zero-order chi connectivity index (χ0) is 14.3. The van der Waals surface area contributed by atoms with Crippen LogP contribution in [0.3, 0.4) is 0 Å². The van der Waals surface area contributed by atoms with Gasteiger partial charge in [-0.25, -0.2) is 4.39 Å². The second kappa shape index (κ2) is 8.25. The quantitative estimate of drug-likeness (QED) is 0.760. The van der Waals surface area contributed by atoms with Gasteiger partial charge in [0.2, 0.25) is 0 Å². The number of aryl methyl sites for hydroxylation is 1. The van der Waals surface area contributed by atoms with Crippen LogP contribution in [0.4, 0.5) is 4.39 Å². The molecular formula is C15H25FN2O. The molecule has 1 aromatic rings. The summed E-state index contributed by atoms with van der Waals surface area (Å²) in [7, 11) is 0. The fourth-order valence-corrected chi connectivity index (χ4v) is 2.12. The third kappa shape index (κ3) is 5.27. The SMILES string of the molecule is CCCN(CCO)CCC(N)c1ccc(C)c(F)c1. The summed E-state index contributed by atoms with van der Waals surface area (Å²) in [5.74, 6) is -0.200. The number of benzene rings is 1. The molecule has 0 fully saturated rings. The number of halogens is 1. The molecule has 1 aromatic carbocycles. The van der Waals surface area contributed by atoms with Gasteiger partial charge in [0, 0.05) is 19.1 Å². The highest BCUT2D eigenvalue weighted by Gasteiger charge is 2.10. The molecule has 0 aliphatic heterocycles. The number of aliphatic hydroxyl groups is 1. The van der Waals surface area contributed by atoms with Crippen molar-refractivity contribution in [1.82, 2.24) is 4.90 Å². The normalized spacial score (nSPS) is 12.9. The first-order chi connectivity index (χ1) is 9.08. The van der Waals surface area contributed by atoms with Gasteiger partial charge in [0.05, 0.1) is 6.61 Å². The monoisotopic (exact) mass is 268 g/mol. The highest BCUT2D eigenvalue weighted by Crippen LogP contribution is 2.17. The van der Waals surface area contributed by atoms with E-state index in [0.717, 1.165) is 31.5 Å². The zero-order valence-electron chi connectivity index (χ0n) is 11.9. The second-order valence-electron chi connectivity index (χ2n) is 4.97. The van der Waals surface area contributed by atoms with Gasteiger partial charge < -0.3 is 15.7 Å². The van der Waals surface area contributed by atoms with Crippen molar-refractivity contribution in [3.8, 4) is 0 Å². The van der Waals surface area contributed by atoms with Gasteiger partial charge in [0.15, 0.2) is 0 Å². The van der Waals surface area contributed by atoms with Crippen molar-refractivity contribution in [1.29, 1.82) is 0 Å². The molecule has 0 spiro atoms. The second-order valence-corrected chi connectivity index (χ2v) is 4.97. The third-order valence-corrected chi connectivity index (χ3v) is 3.34. The van der Waals surface area contributed by atoms with Crippen molar-refractivity contribution < 1.29 is 9.50 Å². The van der Waals surface area contributed by atoms with Gasteiger partial charge in [0.1, 0.15) is 5.82 Å². The number of hydrogen-bond donors (Lipinski definition) is 2. The summed E-state index contributed by atoms with van der Waals surface area (Å²) in [5, 5.41) is 8.99. The molecule has 3 N–H and O–H groups in total. The average Bonchev–Trinajstić information content (AvgIpc) is 2.39. The Balaban J connectivity index is 2.53. The van der Waals surface area contributed by atoms with E-state index in [4.69, 9.17) is 10.8 Å². The largest absolute Gasteiger partial charge is 0.395 e. The van der Waals surface area contributed by atoms with Gasteiger partial charge in [-0.05, 0) is 43.5 Å². The van der Waals surface area contributed by atoms with E-state index in [1.165, 1.54) is 6.07 Å². The standard InChI is InChI=1S/C15H25FN2O/c1-3-7-18(9-10-19)8-6-15(17)13-5-4-12(2)14(16)11-13/h4-5,11,15,19H,3,6-10,17H2,1-2H3. The first kappa shape index (κ1) is 16.1. The van der Waals surface area contributed by atoms with Crippen LogP contribution in [-0.2, 0) is 0 Å². The molecule has 108 valence electrons. The van der Waals surface area contributed by atoms with Crippen LogP contribution in [0.5, 0.6) is 0 Å². The van der Waals surface area contributed by atoms with Crippen LogP contribution in [0.25, 0.3) is 0 Å². The molecule has 0 saturated heterocycles. The van der Waals surface area contributed by atoms with Crippen molar-refractivity contribution in [2.45, 2.75) is 32.7 Å². The van der Waals surface area contributed by atoms with Crippen LogP contribution >= 0.6 is 0 Å². The van der Waals surface area contributed by atoms with Crippen molar-refractivity contribution in [3.05, 3.63) is 35.1 Å². The van der Waals surface area contributed by atoms with E-state index in [9.17, 15) is 4.39 Å². The molecule has 19 heavy (non-hydrogen) atoms. The molecule has 0 aliphatic rings. The lowest BCUT2D eigenvalue weighted by Crippen LogP contribution is -2.30. The highest BCUT2D eigenvalue weighted by atomic mass is 19.1. The van der Waals surface area contributed by atoms with Crippen LogP contribution in [0.2, 0.25) is 0 Å². The smallest absolute Gasteiger partial charge is 0.126 e. The first-order valence-electron chi connectivity index (χ1n) is 6.93. The summed E-state index contributed by atoms with van der Waals surface area (Å²) < 4.78 is 13.5. The van der Waals surface area contributed by atoms with E-state index in [1.54, 1.807) is 13.0 Å². The summed E-state index contributed by atoms with van der Waals surface area (Å²) in [4.78, 5) is 2.18. The van der Waals surface area contributed by atoms with E-state index < -0.39 is 0 Å². The minimum Gasteiger partial charge on any atom is -0.395 e. The Labute approximate surface area is 115 Å². The Morgan fingerprint density at radius 3 is 2.63 bits per heavy atom. The van der Waals surface area contributed by atoms with Crippen molar-refractivity contribution >= 4 is 0 Å². The Bertz CT molecular complexity index is 378. The number of rotatable bonds is 8. The number of aliphatic hydroxyl groups excluding tert-OH is 1. The molecule has 0 saturated carbocycles. The maximum atomic E-state index is 13.5. The Kier molecular flexibility index (Phi) is 6.99. The Morgan fingerprint density at radius 2 is 2.05 bits per heavy atom. The molecule has 0 aromatic heterocycles. The van der Waals surface area contributed by atoms with Crippen LogP contribution in [-0.4, -0.2) is 36.2 Å². The number of hydrogen-bond acceptors (Lipinski definition) is 3. The van der Waals surface area contributed by atoms with Gasteiger partial charge in [-0.2, -0.15) is 0 Å². The lowest BCUT2D eigenvalue weighted by Gasteiger charge is -2.22. The maximum Gasteiger partial charge on any atom is 0.126 e. The van der Waals surface area contributed by atoms with E-state index in [0.29, 0.717) is 12.1 Å². The topological polar surface area (TPSA) is 49.5 Å². The third-order valence-electron chi connectivity index (χ3n) is 3.34. The minimum atomic E-state index is -0.200. The van der Waals surface area contributed by atoms with Crippen LogP contribution in [0.15, 0.2) is 18.2 Å². The molecule has 4 heteroatoms. The predicted molar refractivity (Wildman–Crippen MR) is 76.5 cm³/mol. The van der Waals surface area contributed by atoms with Gasteiger partial charge in [-0.1, -0.05) is 19.1 Å². The van der Waals surface area contributed by atoms with E-state index in [1.807, 2.05) is 6.07 Å². The van der Waals surface area contributed by atoms with E-state index >= 15 is 0 Å². The van der Waals surface area contributed by atoms with Crippen molar-refractivity contribution in [2.24, 2.45) is 5.73 Å². The summed E-state index contributed by atoms with van der Waals surface area (Å²) in [6.07, 6.45) is 1.82.